The van der Waals surface area contributed by atoms with Gasteiger partial charge in [0.15, 0.2) is 5.82 Å². The van der Waals surface area contributed by atoms with Crippen molar-refractivity contribution in [2.75, 3.05) is 31.1 Å². The molecular weight excluding hydrogens is 512 g/mol. The van der Waals surface area contributed by atoms with Crippen LogP contribution in [0.3, 0.4) is 0 Å². The van der Waals surface area contributed by atoms with Gasteiger partial charge in [-0.15, -0.1) is 0 Å². The summed E-state index contributed by atoms with van der Waals surface area (Å²) < 4.78 is 12.1. The molecule has 9 nitrogen and oxygen atoms in total. The van der Waals surface area contributed by atoms with E-state index in [2.05, 4.69) is 48.1 Å². The Labute approximate surface area is 213 Å². The Morgan fingerprint density at radius 3 is 2.34 bits per heavy atom. The first-order valence-electron chi connectivity index (χ1n) is 11.9. The Kier molecular flexibility index (Phi) is 6.25. The maximum absolute atomic E-state index is 12.3. The van der Waals surface area contributed by atoms with Gasteiger partial charge in [-0.2, -0.15) is 4.98 Å². The normalized spacial score (nSPS) is 17.7. The lowest BCUT2D eigenvalue weighted by Gasteiger charge is -2.39. The number of piperazine rings is 1. The molecule has 10 heteroatoms. The minimum Gasteiger partial charge on any atom is -0.444 e. The van der Waals surface area contributed by atoms with Crippen molar-refractivity contribution >= 4 is 27.8 Å². The van der Waals surface area contributed by atoms with Crippen LogP contribution in [0.4, 0.5) is 10.6 Å². The van der Waals surface area contributed by atoms with Crippen LogP contribution < -0.4 is 4.90 Å². The fourth-order valence-electron chi connectivity index (χ4n) is 4.50. The van der Waals surface area contributed by atoms with E-state index in [1.54, 1.807) is 17.3 Å². The van der Waals surface area contributed by atoms with Crippen LogP contribution in [-0.4, -0.2) is 62.9 Å². The first-order chi connectivity index (χ1) is 16.7. The second kappa shape index (κ2) is 9.22. The molecule has 1 aromatic carbocycles. The van der Waals surface area contributed by atoms with Crippen molar-refractivity contribution in [2.45, 2.75) is 51.0 Å². The van der Waals surface area contributed by atoms with E-state index in [9.17, 15) is 4.79 Å². The maximum Gasteiger partial charge on any atom is 0.410 e. The van der Waals surface area contributed by atoms with Gasteiger partial charge < -0.3 is 19.1 Å². The van der Waals surface area contributed by atoms with Gasteiger partial charge in [-0.1, -0.05) is 39.6 Å². The van der Waals surface area contributed by atoms with Gasteiger partial charge in [0.2, 0.25) is 0 Å². The summed E-state index contributed by atoms with van der Waals surface area (Å²) in [4.78, 5) is 30.0. The van der Waals surface area contributed by atoms with E-state index in [4.69, 9.17) is 14.2 Å². The first kappa shape index (κ1) is 23.7. The highest BCUT2D eigenvalue weighted by Crippen LogP contribution is 2.48. The smallest absolute Gasteiger partial charge is 0.410 e. The number of ether oxygens (including phenoxy) is 1. The number of rotatable bonds is 4. The molecule has 1 saturated carbocycles. The van der Waals surface area contributed by atoms with Crippen LogP contribution in [-0.2, 0) is 10.2 Å². The van der Waals surface area contributed by atoms with E-state index in [0.29, 0.717) is 43.6 Å². The van der Waals surface area contributed by atoms with Gasteiger partial charge in [0.25, 0.3) is 5.89 Å². The van der Waals surface area contributed by atoms with Gasteiger partial charge in [0.05, 0.1) is 17.8 Å². The molecule has 184 valence electrons. The number of aromatic nitrogens is 4. The van der Waals surface area contributed by atoms with Crippen LogP contribution in [0.2, 0.25) is 0 Å². The van der Waals surface area contributed by atoms with Crippen LogP contribution in [0, 0.1) is 0 Å². The molecule has 0 N–H and O–H groups in total. The van der Waals surface area contributed by atoms with Crippen LogP contribution in [0.5, 0.6) is 0 Å². The van der Waals surface area contributed by atoms with Crippen LogP contribution in [0.25, 0.3) is 11.6 Å². The lowest BCUT2D eigenvalue weighted by molar-refractivity contribution is 0.0240. The lowest BCUT2D eigenvalue weighted by Crippen LogP contribution is -2.50. The molecule has 0 unspecified atom stereocenters. The molecule has 0 spiro atoms. The van der Waals surface area contributed by atoms with E-state index < -0.39 is 5.60 Å². The van der Waals surface area contributed by atoms with E-state index >= 15 is 0 Å². The third-order valence-electron chi connectivity index (χ3n) is 6.57. The van der Waals surface area contributed by atoms with Gasteiger partial charge in [0.1, 0.15) is 17.1 Å². The zero-order valence-corrected chi connectivity index (χ0v) is 21.8. The molecule has 1 aliphatic carbocycles. The third kappa shape index (κ3) is 4.89. The Balaban J connectivity index is 1.25. The number of carbonyl (C=O) groups excluding carboxylic acids is 1. The number of amides is 1. The Morgan fingerprint density at radius 2 is 1.77 bits per heavy atom. The quantitative estimate of drug-likeness (QED) is 0.464. The Bertz CT molecular complexity index is 1180. The molecule has 1 saturated heterocycles. The summed E-state index contributed by atoms with van der Waals surface area (Å²) in [5.74, 6) is 1.82. The topological polar surface area (TPSA) is 97.5 Å². The van der Waals surface area contributed by atoms with Crippen molar-refractivity contribution in [2.24, 2.45) is 0 Å². The zero-order valence-electron chi connectivity index (χ0n) is 20.2. The van der Waals surface area contributed by atoms with E-state index in [0.717, 1.165) is 29.6 Å². The van der Waals surface area contributed by atoms with Gasteiger partial charge in [0, 0.05) is 30.7 Å². The van der Waals surface area contributed by atoms with Crippen LogP contribution in [0.1, 0.15) is 51.4 Å². The van der Waals surface area contributed by atoms with Crippen molar-refractivity contribution in [3.8, 4) is 11.6 Å². The van der Waals surface area contributed by atoms with Gasteiger partial charge in [-0.05, 0) is 51.3 Å². The summed E-state index contributed by atoms with van der Waals surface area (Å²) in [5, 5.41) is 4.32. The molecule has 5 rings (SSSR count). The minimum absolute atomic E-state index is 0.205. The van der Waals surface area contributed by atoms with Crippen molar-refractivity contribution in [3.05, 3.63) is 52.5 Å². The fraction of sp³-hybridized carbons (Fsp3) is 0.480. The van der Waals surface area contributed by atoms with Crippen LogP contribution >= 0.6 is 15.9 Å². The molecule has 2 fully saturated rings. The molecular formula is C25H29BrN6O3. The molecule has 2 aromatic heterocycles. The molecule has 0 radical (unpaired) electrons. The number of anilines is 1. The molecule has 3 heterocycles. The molecule has 1 amide bonds. The highest BCUT2D eigenvalue weighted by Gasteiger charge is 2.44. The van der Waals surface area contributed by atoms with E-state index in [-0.39, 0.29) is 11.5 Å². The molecule has 35 heavy (non-hydrogen) atoms. The number of carbonyl (C=O) groups is 1. The number of benzene rings is 1. The fourth-order valence-corrected chi connectivity index (χ4v) is 4.77. The molecule has 1 aliphatic heterocycles. The van der Waals surface area contributed by atoms with Crippen molar-refractivity contribution < 1.29 is 14.1 Å². The van der Waals surface area contributed by atoms with Crippen molar-refractivity contribution in [3.63, 3.8) is 0 Å². The second-order valence-corrected chi connectivity index (χ2v) is 11.0. The zero-order chi connectivity index (χ0) is 24.6. The average Bonchev–Trinajstić information content (AvgIpc) is 3.29. The van der Waals surface area contributed by atoms with E-state index in [1.165, 1.54) is 5.56 Å². The lowest BCUT2D eigenvalue weighted by atomic mass is 9.64. The predicted octanol–water partition coefficient (Wildman–Crippen LogP) is 4.82. The van der Waals surface area contributed by atoms with Crippen molar-refractivity contribution in [1.82, 2.24) is 25.0 Å². The Morgan fingerprint density at radius 1 is 1.06 bits per heavy atom. The van der Waals surface area contributed by atoms with Gasteiger partial charge >= 0.3 is 6.09 Å². The third-order valence-corrected chi connectivity index (χ3v) is 7.10. The van der Waals surface area contributed by atoms with Crippen LogP contribution in [0.15, 0.2) is 45.7 Å². The summed E-state index contributed by atoms with van der Waals surface area (Å²) in [7, 11) is 0. The summed E-state index contributed by atoms with van der Waals surface area (Å²) in [6.45, 7) is 8.08. The monoisotopic (exact) mass is 540 g/mol. The summed E-state index contributed by atoms with van der Waals surface area (Å²) in [6.07, 6.45) is 6.23. The molecule has 0 atom stereocenters. The average molecular weight is 541 g/mol. The summed E-state index contributed by atoms with van der Waals surface area (Å²) >= 11 is 3.51. The standard InChI is InChI=1S/C25H29BrN6O3/c1-24(2,3)34-23(33)32-13-11-31(12-14-32)20-16-27-19(15-28-20)21-29-22(30-35-21)25(9-4-10-25)17-5-7-18(26)8-6-17/h5-8,15-16H,4,9-14H2,1-3H3. The van der Waals surface area contributed by atoms with E-state index in [1.807, 2.05) is 32.9 Å². The predicted molar refractivity (Wildman–Crippen MR) is 134 cm³/mol. The van der Waals surface area contributed by atoms with Gasteiger partial charge in [-0.25, -0.2) is 14.8 Å². The SMILES string of the molecule is CC(C)(C)OC(=O)N1CCN(c2cnc(-c3nc(C4(c5ccc(Br)cc5)CCC4)no3)cn2)CC1. The maximum atomic E-state index is 12.3. The largest absolute Gasteiger partial charge is 0.444 e. The summed E-state index contributed by atoms with van der Waals surface area (Å²) in [5.41, 5.74) is 1.04. The number of halogens is 1. The molecule has 2 aliphatic rings. The second-order valence-electron chi connectivity index (χ2n) is 10.1. The first-order valence-corrected chi connectivity index (χ1v) is 12.7. The van der Waals surface area contributed by atoms with Crippen molar-refractivity contribution in [1.29, 1.82) is 0 Å². The van der Waals surface area contributed by atoms with Gasteiger partial charge in [-0.3, -0.25) is 0 Å². The highest BCUT2D eigenvalue weighted by molar-refractivity contribution is 9.10. The molecule has 3 aromatic rings. The summed E-state index contributed by atoms with van der Waals surface area (Å²) in [6, 6.07) is 8.34. The molecule has 0 bridgehead atoms. The Hall–Kier alpha value is -3.01. The number of nitrogens with zero attached hydrogens (tertiary/aromatic N) is 6. The highest BCUT2D eigenvalue weighted by atomic mass is 79.9. The minimum atomic E-state index is -0.499. The number of hydrogen-bond acceptors (Lipinski definition) is 8. The number of hydrogen-bond donors (Lipinski definition) is 0.